The van der Waals surface area contributed by atoms with Gasteiger partial charge in [0.05, 0.1) is 12.0 Å². The highest BCUT2D eigenvalue weighted by atomic mass is 16.6. The number of nitrogens with zero attached hydrogens (tertiary/aromatic N) is 1. The molecule has 4 nitrogen and oxygen atoms in total. The number of fused-ring (bicyclic) bond motifs is 1. The molecule has 0 unspecified atom stereocenters. The average Bonchev–Trinajstić information content (AvgIpc) is 2.83. The number of carbonyl (C=O) groups excluding carboxylic acids is 1. The Labute approximate surface area is 145 Å². The van der Waals surface area contributed by atoms with Gasteiger partial charge in [-0.25, -0.2) is 0 Å². The Hall–Kier alpha value is -1.13. The molecule has 2 fully saturated rings. The number of carbonyl (C=O) groups is 1. The van der Waals surface area contributed by atoms with E-state index in [1.807, 2.05) is 6.08 Å². The maximum absolute atomic E-state index is 12.5. The van der Waals surface area contributed by atoms with Gasteiger partial charge in [-0.3, -0.25) is 4.79 Å². The van der Waals surface area contributed by atoms with Gasteiger partial charge in [0.1, 0.15) is 6.10 Å². The number of hydrogen-bond acceptors (Lipinski definition) is 4. The molecular formula is C20H31NO3. The zero-order chi connectivity index (χ0) is 17.1. The Bertz CT molecular complexity index is 519. The Morgan fingerprint density at radius 3 is 2.71 bits per heavy atom. The third-order valence-electron chi connectivity index (χ3n) is 5.77. The van der Waals surface area contributed by atoms with Gasteiger partial charge in [-0.05, 0) is 52.6 Å². The summed E-state index contributed by atoms with van der Waals surface area (Å²) >= 11 is 0. The first-order chi connectivity index (χ1) is 11.5. The van der Waals surface area contributed by atoms with Crippen LogP contribution in [0.25, 0.3) is 0 Å². The van der Waals surface area contributed by atoms with Crippen molar-refractivity contribution in [2.24, 2.45) is 11.8 Å². The number of ether oxygens (including phenoxy) is 1. The number of aliphatic hydroxyl groups is 1. The minimum atomic E-state index is -0.595. The summed E-state index contributed by atoms with van der Waals surface area (Å²) in [7, 11) is 0. The van der Waals surface area contributed by atoms with Gasteiger partial charge in [0.25, 0.3) is 0 Å². The molecule has 1 aliphatic carbocycles. The SMILES string of the molecule is C/C1=C/CC/C(C)=C/[C@@H](O)[C@H]2[C@H](C1)OC(=O)[C@@H]2CN1CCCCC1. The van der Waals surface area contributed by atoms with Gasteiger partial charge in [0.15, 0.2) is 0 Å². The third-order valence-corrected chi connectivity index (χ3v) is 5.77. The lowest BCUT2D eigenvalue weighted by Crippen LogP contribution is -2.41. The largest absolute Gasteiger partial charge is 0.461 e. The molecule has 0 amide bonds. The number of piperidine rings is 1. The van der Waals surface area contributed by atoms with Gasteiger partial charge in [0.2, 0.25) is 0 Å². The van der Waals surface area contributed by atoms with Crippen LogP contribution in [0.15, 0.2) is 23.3 Å². The van der Waals surface area contributed by atoms with Crippen molar-refractivity contribution in [3.8, 4) is 0 Å². The van der Waals surface area contributed by atoms with Crippen LogP contribution in [0.5, 0.6) is 0 Å². The number of esters is 1. The van der Waals surface area contributed by atoms with Crippen LogP contribution < -0.4 is 0 Å². The van der Waals surface area contributed by atoms with Gasteiger partial charge in [-0.1, -0.05) is 29.7 Å². The van der Waals surface area contributed by atoms with Crippen molar-refractivity contribution in [3.63, 3.8) is 0 Å². The summed E-state index contributed by atoms with van der Waals surface area (Å²) < 4.78 is 5.73. The molecule has 0 spiro atoms. The molecule has 0 radical (unpaired) electrons. The molecule has 0 saturated carbocycles. The molecule has 0 bridgehead atoms. The second-order valence-electron chi connectivity index (χ2n) is 7.82. The maximum Gasteiger partial charge on any atom is 0.311 e. The minimum Gasteiger partial charge on any atom is -0.461 e. The molecule has 4 atom stereocenters. The van der Waals surface area contributed by atoms with Crippen molar-refractivity contribution in [2.45, 2.75) is 64.6 Å². The quantitative estimate of drug-likeness (QED) is 0.623. The van der Waals surface area contributed by atoms with E-state index in [4.69, 9.17) is 4.74 Å². The van der Waals surface area contributed by atoms with Crippen molar-refractivity contribution in [1.29, 1.82) is 0 Å². The van der Waals surface area contributed by atoms with Gasteiger partial charge in [-0.2, -0.15) is 0 Å². The highest BCUT2D eigenvalue weighted by molar-refractivity contribution is 5.76. The van der Waals surface area contributed by atoms with E-state index in [2.05, 4.69) is 24.8 Å². The topological polar surface area (TPSA) is 49.8 Å². The van der Waals surface area contributed by atoms with Crippen molar-refractivity contribution in [2.75, 3.05) is 19.6 Å². The summed E-state index contributed by atoms with van der Waals surface area (Å²) in [5.41, 5.74) is 2.46. The summed E-state index contributed by atoms with van der Waals surface area (Å²) in [4.78, 5) is 14.9. The zero-order valence-electron chi connectivity index (χ0n) is 15.0. The van der Waals surface area contributed by atoms with E-state index in [0.717, 1.165) is 38.9 Å². The van der Waals surface area contributed by atoms with E-state index in [1.54, 1.807) is 0 Å². The molecule has 3 rings (SSSR count). The smallest absolute Gasteiger partial charge is 0.311 e. The van der Waals surface area contributed by atoms with E-state index < -0.39 is 6.10 Å². The average molecular weight is 333 g/mol. The van der Waals surface area contributed by atoms with E-state index in [1.165, 1.54) is 30.4 Å². The number of likely N-dealkylation sites (tertiary alicyclic amines) is 1. The van der Waals surface area contributed by atoms with E-state index in [0.29, 0.717) is 0 Å². The van der Waals surface area contributed by atoms with Crippen LogP contribution in [0.1, 0.15) is 52.4 Å². The molecule has 2 saturated heterocycles. The van der Waals surface area contributed by atoms with Crippen LogP contribution >= 0.6 is 0 Å². The first-order valence-corrected chi connectivity index (χ1v) is 9.48. The molecule has 2 aliphatic heterocycles. The number of hydrogen-bond donors (Lipinski definition) is 1. The predicted molar refractivity (Wildman–Crippen MR) is 94.5 cm³/mol. The first kappa shape index (κ1) is 17.7. The van der Waals surface area contributed by atoms with E-state index in [9.17, 15) is 9.90 Å². The van der Waals surface area contributed by atoms with E-state index >= 15 is 0 Å². The Morgan fingerprint density at radius 1 is 1.21 bits per heavy atom. The number of allylic oxidation sites excluding steroid dienone is 2. The van der Waals surface area contributed by atoms with Crippen molar-refractivity contribution in [1.82, 2.24) is 4.90 Å². The number of rotatable bonds is 2. The fraction of sp³-hybridized carbons (Fsp3) is 0.750. The molecule has 2 heterocycles. The summed E-state index contributed by atoms with van der Waals surface area (Å²) in [5, 5.41) is 10.8. The minimum absolute atomic E-state index is 0.118. The lowest BCUT2D eigenvalue weighted by molar-refractivity contribution is -0.144. The molecule has 134 valence electrons. The normalized spacial score (nSPS) is 40.0. The molecule has 3 aliphatic rings. The lowest BCUT2D eigenvalue weighted by atomic mass is 9.81. The summed E-state index contributed by atoms with van der Waals surface area (Å²) in [6.45, 7) is 7.03. The first-order valence-electron chi connectivity index (χ1n) is 9.48. The molecule has 0 aromatic carbocycles. The highest BCUT2D eigenvalue weighted by Gasteiger charge is 2.48. The van der Waals surface area contributed by atoms with Gasteiger partial charge >= 0.3 is 5.97 Å². The van der Waals surface area contributed by atoms with Crippen LogP contribution in [0, 0.1) is 11.8 Å². The van der Waals surface area contributed by atoms with Crippen LogP contribution in [0.4, 0.5) is 0 Å². The standard InChI is InChI=1S/C20H31NO3/c1-14-7-6-8-15(2)12-18-19(17(22)11-14)16(20(23)24-18)13-21-9-4-3-5-10-21/h8,11,16-19,22H,3-7,9-10,12-13H2,1-2H3/b14-11+,15-8-/t16-,17-,18+,19+/m1/s1. The van der Waals surface area contributed by atoms with Gasteiger partial charge in [0, 0.05) is 18.9 Å². The van der Waals surface area contributed by atoms with Crippen LogP contribution in [0.3, 0.4) is 0 Å². The van der Waals surface area contributed by atoms with Gasteiger partial charge < -0.3 is 14.7 Å². The Balaban J connectivity index is 1.81. The fourth-order valence-electron chi connectivity index (χ4n) is 4.42. The summed E-state index contributed by atoms with van der Waals surface area (Å²) in [5.74, 6) is -0.456. The van der Waals surface area contributed by atoms with Crippen LogP contribution in [-0.2, 0) is 9.53 Å². The molecule has 0 aromatic heterocycles. The van der Waals surface area contributed by atoms with Crippen molar-refractivity contribution >= 4 is 5.97 Å². The Kier molecular flexibility index (Phi) is 5.77. The maximum atomic E-state index is 12.5. The van der Waals surface area contributed by atoms with Crippen molar-refractivity contribution in [3.05, 3.63) is 23.3 Å². The zero-order valence-corrected chi connectivity index (χ0v) is 15.0. The monoisotopic (exact) mass is 333 g/mol. The second-order valence-corrected chi connectivity index (χ2v) is 7.82. The van der Waals surface area contributed by atoms with Crippen molar-refractivity contribution < 1.29 is 14.6 Å². The van der Waals surface area contributed by atoms with Gasteiger partial charge in [-0.15, -0.1) is 0 Å². The molecule has 24 heavy (non-hydrogen) atoms. The molecule has 0 aromatic rings. The molecular weight excluding hydrogens is 302 g/mol. The summed E-state index contributed by atoms with van der Waals surface area (Å²) in [6, 6.07) is 0. The molecule has 4 heteroatoms. The third kappa shape index (κ3) is 4.09. The predicted octanol–water partition coefficient (Wildman–Crippen LogP) is 3.07. The lowest BCUT2D eigenvalue weighted by Gasteiger charge is -2.31. The second kappa shape index (κ2) is 7.83. The van der Waals surface area contributed by atoms with E-state index in [-0.39, 0.29) is 23.9 Å². The van der Waals surface area contributed by atoms with Crippen LogP contribution in [0.2, 0.25) is 0 Å². The highest BCUT2D eigenvalue weighted by Crippen LogP contribution is 2.37. The number of aliphatic hydroxyl groups excluding tert-OH is 1. The summed E-state index contributed by atoms with van der Waals surface area (Å²) in [6.07, 6.45) is 9.82. The fourth-order valence-corrected chi connectivity index (χ4v) is 4.42. The molecule has 1 N–H and O–H groups in total. The van der Waals surface area contributed by atoms with Crippen LogP contribution in [-0.4, -0.2) is 47.8 Å². The Morgan fingerprint density at radius 2 is 1.96 bits per heavy atom.